The average Bonchev–Trinajstić information content (AvgIpc) is 3.08. The monoisotopic (exact) mass is 288 g/mol. The van der Waals surface area contributed by atoms with Crippen LogP contribution >= 0.6 is 0 Å². The number of benzene rings is 1. The molecule has 1 aliphatic carbocycles. The summed E-state index contributed by atoms with van der Waals surface area (Å²) in [5.74, 6) is 1.13. The summed E-state index contributed by atoms with van der Waals surface area (Å²) in [7, 11) is 0. The van der Waals surface area contributed by atoms with Gasteiger partial charge in [-0.1, -0.05) is 12.1 Å². The van der Waals surface area contributed by atoms with Gasteiger partial charge in [0.15, 0.2) is 5.78 Å². The van der Waals surface area contributed by atoms with E-state index in [4.69, 9.17) is 14.2 Å². The third-order valence-corrected chi connectivity index (χ3v) is 4.84. The molecule has 4 rings (SSSR count). The lowest BCUT2D eigenvalue weighted by atomic mass is 9.91. The second-order valence-electron chi connectivity index (χ2n) is 6.27. The molecular formula is C17H20O4. The van der Waals surface area contributed by atoms with E-state index in [1.54, 1.807) is 0 Å². The third-order valence-electron chi connectivity index (χ3n) is 4.84. The van der Waals surface area contributed by atoms with E-state index < -0.39 is 0 Å². The SMILES string of the molecule is O=C1CCc2c(OC3CCOC4(CCOC4)C3)cccc21. The van der Waals surface area contributed by atoms with Gasteiger partial charge in [0.25, 0.3) is 0 Å². The quantitative estimate of drug-likeness (QED) is 0.839. The van der Waals surface area contributed by atoms with E-state index in [1.165, 1.54) is 0 Å². The highest BCUT2D eigenvalue weighted by Gasteiger charge is 2.42. The smallest absolute Gasteiger partial charge is 0.163 e. The van der Waals surface area contributed by atoms with Crippen molar-refractivity contribution in [1.29, 1.82) is 0 Å². The molecule has 21 heavy (non-hydrogen) atoms. The molecule has 2 aliphatic heterocycles. The van der Waals surface area contributed by atoms with E-state index >= 15 is 0 Å². The summed E-state index contributed by atoms with van der Waals surface area (Å²) < 4.78 is 17.7. The number of hydrogen-bond donors (Lipinski definition) is 0. The molecule has 1 spiro atoms. The van der Waals surface area contributed by atoms with Crippen LogP contribution in [0.25, 0.3) is 0 Å². The lowest BCUT2D eigenvalue weighted by Crippen LogP contribution is -2.44. The lowest BCUT2D eigenvalue weighted by molar-refractivity contribution is -0.112. The molecule has 0 bridgehead atoms. The first-order valence-electron chi connectivity index (χ1n) is 7.79. The number of hydrogen-bond acceptors (Lipinski definition) is 4. The number of ether oxygens (including phenoxy) is 3. The molecule has 2 fully saturated rings. The van der Waals surface area contributed by atoms with E-state index in [0.717, 1.165) is 55.8 Å². The largest absolute Gasteiger partial charge is 0.490 e. The van der Waals surface area contributed by atoms with Crippen LogP contribution in [0.5, 0.6) is 5.75 Å². The molecule has 1 aromatic carbocycles. The van der Waals surface area contributed by atoms with Crippen LogP contribution in [0, 0.1) is 0 Å². The maximum absolute atomic E-state index is 11.8. The Bertz CT molecular complexity index is 560. The van der Waals surface area contributed by atoms with Gasteiger partial charge in [0.1, 0.15) is 11.9 Å². The normalized spacial score (nSPS) is 31.6. The fourth-order valence-electron chi connectivity index (χ4n) is 3.69. The van der Waals surface area contributed by atoms with Gasteiger partial charge in [0, 0.05) is 43.4 Å². The average molecular weight is 288 g/mol. The molecule has 2 heterocycles. The summed E-state index contributed by atoms with van der Waals surface area (Å²) in [4.78, 5) is 11.8. The van der Waals surface area contributed by atoms with Crippen LogP contribution in [-0.4, -0.2) is 37.3 Å². The Morgan fingerprint density at radius 2 is 2.19 bits per heavy atom. The van der Waals surface area contributed by atoms with Crippen molar-refractivity contribution >= 4 is 5.78 Å². The maximum atomic E-state index is 11.8. The van der Waals surface area contributed by atoms with Crippen LogP contribution < -0.4 is 4.74 Å². The van der Waals surface area contributed by atoms with Crippen LogP contribution in [-0.2, 0) is 15.9 Å². The van der Waals surface area contributed by atoms with Gasteiger partial charge in [0.05, 0.1) is 18.8 Å². The fraction of sp³-hybridized carbons (Fsp3) is 0.588. The lowest BCUT2D eigenvalue weighted by Gasteiger charge is -2.37. The molecule has 112 valence electrons. The van der Waals surface area contributed by atoms with Gasteiger partial charge in [-0.05, 0) is 12.5 Å². The number of rotatable bonds is 2. The minimum Gasteiger partial charge on any atom is -0.490 e. The minimum absolute atomic E-state index is 0.142. The Kier molecular flexibility index (Phi) is 3.23. The first-order valence-corrected chi connectivity index (χ1v) is 7.79. The predicted octanol–water partition coefficient (Wildman–Crippen LogP) is 2.53. The fourth-order valence-corrected chi connectivity index (χ4v) is 3.69. The summed E-state index contributed by atoms with van der Waals surface area (Å²) in [6, 6.07) is 5.82. The van der Waals surface area contributed by atoms with Crippen molar-refractivity contribution in [3.8, 4) is 5.75 Å². The minimum atomic E-state index is -0.142. The third kappa shape index (κ3) is 2.36. The molecular weight excluding hydrogens is 268 g/mol. The van der Waals surface area contributed by atoms with Gasteiger partial charge in [-0.25, -0.2) is 0 Å². The van der Waals surface area contributed by atoms with Crippen molar-refractivity contribution in [2.45, 2.75) is 43.8 Å². The molecule has 0 aromatic heterocycles. The van der Waals surface area contributed by atoms with Gasteiger partial charge >= 0.3 is 0 Å². The van der Waals surface area contributed by atoms with Gasteiger partial charge in [-0.3, -0.25) is 4.79 Å². The van der Waals surface area contributed by atoms with Crippen molar-refractivity contribution in [3.05, 3.63) is 29.3 Å². The summed E-state index contributed by atoms with van der Waals surface area (Å²) in [6.07, 6.45) is 4.31. The molecule has 2 unspecified atom stereocenters. The van der Waals surface area contributed by atoms with Crippen LogP contribution in [0.1, 0.15) is 41.6 Å². The van der Waals surface area contributed by atoms with E-state index in [2.05, 4.69) is 0 Å². The van der Waals surface area contributed by atoms with Gasteiger partial charge in [0.2, 0.25) is 0 Å². The molecule has 1 aromatic rings. The van der Waals surface area contributed by atoms with E-state index in [9.17, 15) is 4.79 Å². The van der Waals surface area contributed by atoms with Crippen LogP contribution in [0.4, 0.5) is 0 Å². The highest BCUT2D eigenvalue weighted by Crippen LogP contribution is 2.37. The molecule has 4 heteroatoms. The van der Waals surface area contributed by atoms with Crippen molar-refractivity contribution in [3.63, 3.8) is 0 Å². The van der Waals surface area contributed by atoms with Crippen molar-refractivity contribution in [2.75, 3.05) is 19.8 Å². The summed E-state index contributed by atoms with van der Waals surface area (Å²) in [5, 5.41) is 0. The maximum Gasteiger partial charge on any atom is 0.163 e. The second-order valence-corrected chi connectivity index (χ2v) is 6.27. The molecule has 0 saturated carbocycles. The van der Waals surface area contributed by atoms with E-state index in [1.807, 2.05) is 18.2 Å². The highest BCUT2D eigenvalue weighted by atomic mass is 16.6. The number of Topliss-reactive ketones (excluding diaryl/α,β-unsaturated/α-hetero) is 1. The Hall–Kier alpha value is -1.39. The van der Waals surface area contributed by atoms with Gasteiger partial charge < -0.3 is 14.2 Å². The first-order chi connectivity index (χ1) is 10.3. The molecule has 0 radical (unpaired) electrons. The van der Waals surface area contributed by atoms with Crippen molar-refractivity contribution < 1.29 is 19.0 Å². The Labute approximate surface area is 124 Å². The van der Waals surface area contributed by atoms with E-state index in [-0.39, 0.29) is 17.5 Å². The Balaban J connectivity index is 1.53. The van der Waals surface area contributed by atoms with Gasteiger partial charge in [-0.15, -0.1) is 0 Å². The van der Waals surface area contributed by atoms with Crippen LogP contribution in [0.3, 0.4) is 0 Å². The summed E-state index contributed by atoms with van der Waals surface area (Å²) in [6.45, 7) is 2.18. The zero-order chi connectivity index (χ0) is 14.3. The zero-order valence-electron chi connectivity index (χ0n) is 12.1. The molecule has 0 N–H and O–H groups in total. The van der Waals surface area contributed by atoms with Crippen molar-refractivity contribution in [1.82, 2.24) is 0 Å². The van der Waals surface area contributed by atoms with Crippen LogP contribution in [0.2, 0.25) is 0 Å². The topological polar surface area (TPSA) is 44.8 Å². The number of carbonyl (C=O) groups is 1. The van der Waals surface area contributed by atoms with Gasteiger partial charge in [-0.2, -0.15) is 0 Å². The predicted molar refractivity (Wildman–Crippen MR) is 76.9 cm³/mol. The summed E-state index contributed by atoms with van der Waals surface area (Å²) >= 11 is 0. The highest BCUT2D eigenvalue weighted by molar-refractivity contribution is 6.01. The molecule has 2 atom stereocenters. The second kappa shape index (κ2) is 5.11. The molecule has 3 aliphatic rings. The molecule has 2 saturated heterocycles. The number of ketones is 1. The number of carbonyl (C=O) groups excluding carboxylic acids is 1. The van der Waals surface area contributed by atoms with E-state index in [0.29, 0.717) is 13.0 Å². The van der Waals surface area contributed by atoms with Crippen molar-refractivity contribution in [2.24, 2.45) is 0 Å². The molecule has 0 amide bonds. The van der Waals surface area contributed by atoms with Crippen LogP contribution in [0.15, 0.2) is 18.2 Å². The number of fused-ring (bicyclic) bond motifs is 1. The molecule has 4 nitrogen and oxygen atoms in total. The zero-order valence-corrected chi connectivity index (χ0v) is 12.1. The summed E-state index contributed by atoms with van der Waals surface area (Å²) in [5.41, 5.74) is 1.79. The standard InChI is InChI=1S/C17H20O4/c18-15-5-4-14-13(15)2-1-3-16(14)21-12-6-8-20-17(10-12)7-9-19-11-17/h1-3,12H,4-11H2. The Morgan fingerprint density at radius 1 is 1.24 bits per heavy atom. The Morgan fingerprint density at radius 3 is 3.05 bits per heavy atom. The first kappa shape index (κ1) is 13.3.